The lowest BCUT2D eigenvalue weighted by molar-refractivity contribution is 1.10. The summed E-state index contributed by atoms with van der Waals surface area (Å²) in [6.45, 7) is 11.7. The molecule has 70 valence electrons. The number of aliphatic imine (C=N–C) groups is 1. The van der Waals surface area contributed by atoms with Crippen molar-refractivity contribution in [3.63, 3.8) is 0 Å². The second kappa shape index (κ2) is 10.6. The molecule has 12 heavy (non-hydrogen) atoms. The molecule has 0 rings (SSSR count). The molecule has 1 unspecified atom stereocenters. The predicted octanol–water partition coefficient (Wildman–Crippen LogP) is 3.79. The van der Waals surface area contributed by atoms with E-state index in [0.717, 1.165) is 11.9 Å². The van der Waals surface area contributed by atoms with Crippen LogP contribution in [0.25, 0.3) is 0 Å². The molecule has 0 heterocycles. The minimum absolute atomic E-state index is 0.939. The van der Waals surface area contributed by atoms with Gasteiger partial charge in [-0.05, 0) is 19.4 Å². The molecule has 0 aromatic carbocycles. The van der Waals surface area contributed by atoms with Gasteiger partial charge in [-0.15, -0.1) is 0 Å². The zero-order valence-electron chi connectivity index (χ0n) is 8.59. The summed E-state index contributed by atoms with van der Waals surface area (Å²) in [5, 5.41) is 0. The van der Waals surface area contributed by atoms with Crippen LogP contribution in [0.2, 0.25) is 0 Å². The van der Waals surface area contributed by atoms with Gasteiger partial charge in [0.1, 0.15) is 0 Å². The minimum atomic E-state index is 0.939. The van der Waals surface area contributed by atoms with Gasteiger partial charge in [0.15, 0.2) is 0 Å². The monoisotopic (exact) mass is 185 g/mol. The number of nitrogens with zero attached hydrogens (tertiary/aromatic N) is 1. The molecule has 0 aromatic heterocycles. The molecule has 0 saturated heterocycles. The molecule has 2 heteroatoms. The smallest absolute Gasteiger partial charge is 0.0568 e. The van der Waals surface area contributed by atoms with E-state index in [0.29, 0.717) is 0 Å². The average molecular weight is 185 g/mol. The lowest BCUT2D eigenvalue weighted by Gasteiger charge is -1.92. The highest BCUT2D eigenvalue weighted by atomic mass is 31.0. The maximum absolute atomic E-state index is 3.98. The lowest BCUT2D eigenvalue weighted by atomic mass is 10.2. The fourth-order valence-electron chi connectivity index (χ4n) is 0.497. The van der Waals surface area contributed by atoms with Crippen molar-refractivity contribution in [1.82, 2.24) is 0 Å². The Hall–Kier alpha value is -0.420. The summed E-state index contributed by atoms with van der Waals surface area (Å²) in [5.41, 5.74) is 2.27. The van der Waals surface area contributed by atoms with Crippen LogP contribution in [0.3, 0.4) is 0 Å². The molecule has 0 bridgehead atoms. The highest BCUT2D eigenvalue weighted by Crippen LogP contribution is 2.02. The second-order valence-corrected chi connectivity index (χ2v) is 2.67. The van der Waals surface area contributed by atoms with Gasteiger partial charge in [-0.25, -0.2) is 0 Å². The van der Waals surface area contributed by atoms with E-state index in [1.165, 1.54) is 5.57 Å². The van der Waals surface area contributed by atoms with Crippen molar-refractivity contribution in [2.75, 3.05) is 0 Å². The van der Waals surface area contributed by atoms with Gasteiger partial charge in [0, 0.05) is 6.20 Å². The van der Waals surface area contributed by atoms with Gasteiger partial charge in [-0.3, -0.25) is 4.99 Å². The van der Waals surface area contributed by atoms with Gasteiger partial charge in [-0.2, -0.15) is 0 Å². The summed E-state index contributed by atoms with van der Waals surface area (Å²) in [5.74, 6) is 0. The molecule has 0 aliphatic rings. The predicted molar refractivity (Wildman–Crippen MR) is 62.7 cm³/mol. The first-order valence-corrected chi connectivity index (χ1v) is 4.89. The Balaban J connectivity index is 0. The summed E-state index contributed by atoms with van der Waals surface area (Å²) in [7, 11) is 2.55. The molecule has 0 radical (unpaired) electrons. The van der Waals surface area contributed by atoms with Crippen molar-refractivity contribution in [1.29, 1.82) is 0 Å². The molecule has 0 N–H and O–H groups in total. The largest absolute Gasteiger partial charge is 0.258 e. The van der Waals surface area contributed by atoms with Crippen LogP contribution in [-0.2, 0) is 0 Å². The van der Waals surface area contributed by atoms with Crippen LogP contribution in [0.1, 0.15) is 34.1 Å². The first-order chi connectivity index (χ1) is 5.70. The molecule has 0 saturated carbocycles. The fraction of sp³-hybridized carbons (Fsp3) is 0.500. The average Bonchev–Trinajstić information content (AvgIpc) is 2.08. The third-order valence-corrected chi connectivity index (χ3v) is 1.51. The molecule has 1 nitrogen and oxygen atoms in total. The van der Waals surface area contributed by atoms with Crippen LogP contribution >= 0.6 is 9.24 Å². The lowest BCUT2D eigenvalue weighted by Crippen LogP contribution is -1.80. The Morgan fingerprint density at radius 3 is 2.33 bits per heavy atom. The first kappa shape index (κ1) is 14.1. The van der Waals surface area contributed by atoms with Gasteiger partial charge in [0.2, 0.25) is 0 Å². The number of hydrogen-bond acceptors (Lipinski definition) is 1. The van der Waals surface area contributed by atoms with Crippen LogP contribution in [0.4, 0.5) is 0 Å². The van der Waals surface area contributed by atoms with Gasteiger partial charge < -0.3 is 0 Å². The third kappa shape index (κ3) is 9.58. The van der Waals surface area contributed by atoms with Crippen molar-refractivity contribution in [2.45, 2.75) is 34.1 Å². The fourth-order valence-corrected chi connectivity index (χ4v) is 0.887. The summed E-state index contributed by atoms with van der Waals surface area (Å²) >= 11 is 0. The number of rotatable bonds is 3. The Kier molecular flexibility index (Phi) is 12.5. The SMILES string of the molecule is C=CN=C(P)/C=C(/C)CC.CC. The van der Waals surface area contributed by atoms with E-state index >= 15 is 0 Å². The maximum Gasteiger partial charge on any atom is 0.0568 e. The molecule has 0 amide bonds. The molecule has 0 fully saturated rings. The van der Waals surface area contributed by atoms with Crippen LogP contribution < -0.4 is 0 Å². The third-order valence-electron chi connectivity index (χ3n) is 1.19. The normalized spacial score (nSPS) is 11.8. The zero-order valence-corrected chi connectivity index (χ0v) is 9.75. The van der Waals surface area contributed by atoms with Gasteiger partial charge in [-0.1, -0.05) is 42.2 Å². The van der Waals surface area contributed by atoms with E-state index in [-0.39, 0.29) is 0 Å². The summed E-state index contributed by atoms with van der Waals surface area (Å²) < 4.78 is 0. The Bertz CT molecular complexity index is 169. The summed E-state index contributed by atoms with van der Waals surface area (Å²) in [6.07, 6.45) is 4.65. The molecule has 0 spiro atoms. The van der Waals surface area contributed by atoms with Crippen LogP contribution in [0.5, 0.6) is 0 Å². The maximum atomic E-state index is 3.98. The molecule has 1 atom stereocenters. The first-order valence-electron chi connectivity index (χ1n) is 4.32. The Labute approximate surface area is 78.9 Å². The molecule has 0 aromatic rings. The standard InChI is InChI=1S/C8H14NP.C2H6/c1-4-7(3)6-8(10)9-5-2;1-2/h5-6H,2,4,10H2,1,3H3;1-2H3/b7-6-,9-8?;. The summed E-state index contributed by atoms with van der Waals surface area (Å²) in [4.78, 5) is 3.98. The van der Waals surface area contributed by atoms with Crippen molar-refractivity contribution in [2.24, 2.45) is 4.99 Å². The molecule has 0 aliphatic heterocycles. The van der Waals surface area contributed by atoms with E-state index in [1.54, 1.807) is 6.20 Å². The van der Waals surface area contributed by atoms with E-state index in [9.17, 15) is 0 Å². The number of allylic oxidation sites excluding steroid dienone is 2. The van der Waals surface area contributed by atoms with Crippen LogP contribution in [0, 0.1) is 0 Å². The minimum Gasteiger partial charge on any atom is -0.258 e. The number of hydrogen-bond donors (Lipinski definition) is 0. The highest BCUT2D eigenvalue weighted by Gasteiger charge is 1.84. The van der Waals surface area contributed by atoms with Gasteiger partial charge >= 0.3 is 0 Å². The van der Waals surface area contributed by atoms with E-state index in [2.05, 4.69) is 34.7 Å². The quantitative estimate of drug-likeness (QED) is 0.468. The van der Waals surface area contributed by atoms with E-state index < -0.39 is 0 Å². The van der Waals surface area contributed by atoms with Crippen molar-refractivity contribution < 1.29 is 0 Å². The van der Waals surface area contributed by atoms with Crippen molar-refractivity contribution >= 4 is 14.7 Å². The topological polar surface area (TPSA) is 12.4 Å². The Morgan fingerprint density at radius 2 is 2.00 bits per heavy atom. The zero-order chi connectivity index (χ0) is 9.98. The molecule has 0 aliphatic carbocycles. The highest BCUT2D eigenvalue weighted by molar-refractivity contribution is 7.41. The van der Waals surface area contributed by atoms with E-state index in [1.807, 2.05) is 19.9 Å². The van der Waals surface area contributed by atoms with Gasteiger partial charge in [0.25, 0.3) is 0 Å². The van der Waals surface area contributed by atoms with Crippen LogP contribution in [-0.4, -0.2) is 5.45 Å². The second-order valence-electron chi connectivity index (χ2n) is 2.08. The molecular weight excluding hydrogens is 165 g/mol. The van der Waals surface area contributed by atoms with Crippen LogP contribution in [0.15, 0.2) is 29.4 Å². The van der Waals surface area contributed by atoms with Crippen molar-refractivity contribution in [3.05, 3.63) is 24.4 Å². The molecular formula is C10H20NP. The van der Waals surface area contributed by atoms with Crippen molar-refractivity contribution in [3.8, 4) is 0 Å². The Morgan fingerprint density at radius 1 is 1.50 bits per heavy atom. The van der Waals surface area contributed by atoms with E-state index in [4.69, 9.17) is 0 Å². The summed E-state index contributed by atoms with van der Waals surface area (Å²) in [6, 6.07) is 0. The van der Waals surface area contributed by atoms with Gasteiger partial charge in [0.05, 0.1) is 5.45 Å².